The predicted molar refractivity (Wildman–Crippen MR) is 32.8 cm³/mol. The molecular formula is C4H3BrN2O. The van der Waals surface area contributed by atoms with Crippen LogP contribution < -0.4 is 5.56 Å². The first-order chi connectivity index (χ1) is 3.80. The van der Waals surface area contributed by atoms with E-state index in [1.165, 1.54) is 22.2 Å². The molecule has 0 amide bonds. The van der Waals surface area contributed by atoms with Gasteiger partial charge in [-0.1, -0.05) is 0 Å². The monoisotopic (exact) mass is 174 g/mol. The van der Waals surface area contributed by atoms with Gasteiger partial charge in [0.1, 0.15) is 0 Å². The Kier molecular flexibility index (Phi) is 1.43. The van der Waals surface area contributed by atoms with Crippen molar-refractivity contribution >= 4 is 16.1 Å². The van der Waals surface area contributed by atoms with Crippen LogP contribution in [0.25, 0.3) is 0 Å². The molecule has 1 rings (SSSR count). The van der Waals surface area contributed by atoms with Crippen LogP contribution in [0.5, 0.6) is 0 Å². The number of halogens is 1. The molecule has 3 nitrogen and oxygen atoms in total. The number of nitrogens with zero attached hydrogens (tertiary/aromatic N) is 2. The fourth-order valence-corrected chi connectivity index (χ4v) is 0.530. The number of hydrogen-bond donors (Lipinski definition) is 0. The minimum atomic E-state index is -0.160. The van der Waals surface area contributed by atoms with Crippen LogP contribution in [-0.4, -0.2) is 8.58 Å². The Balaban J connectivity index is 3.35. The maximum atomic E-state index is 10.5. The van der Waals surface area contributed by atoms with Gasteiger partial charge in [-0.3, -0.25) is 9.78 Å². The topological polar surface area (TPSA) is 34.9 Å². The Bertz CT molecular complexity index is 231. The molecule has 1 heterocycles. The molecule has 0 aromatic carbocycles. The van der Waals surface area contributed by atoms with Crippen molar-refractivity contribution in [3.05, 3.63) is 28.9 Å². The van der Waals surface area contributed by atoms with Crippen LogP contribution in [0.3, 0.4) is 0 Å². The van der Waals surface area contributed by atoms with Crippen molar-refractivity contribution in [3.8, 4) is 0 Å². The molecule has 0 bridgehead atoms. The fourth-order valence-electron chi connectivity index (χ4n) is 0.332. The van der Waals surface area contributed by atoms with E-state index in [0.717, 1.165) is 0 Å². The second-order valence-corrected chi connectivity index (χ2v) is 1.99. The van der Waals surface area contributed by atoms with E-state index in [-0.39, 0.29) is 5.56 Å². The Labute approximate surface area is 54.3 Å². The van der Waals surface area contributed by atoms with Gasteiger partial charge in [-0.25, -0.2) is 3.59 Å². The van der Waals surface area contributed by atoms with E-state index >= 15 is 0 Å². The summed E-state index contributed by atoms with van der Waals surface area (Å²) in [7, 11) is 0. The Morgan fingerprint density at radius 1 is 1.75 bits per heavy atom. The van der Waals surface area contributed by atoms with E-state index in [1.54, 1.807) is 0 Å². The summed E-state index contributed by atoms with van der Waals surface area (Å²) in [5.41, 5.74) is -0.160. The molecule has 0 radical (unpaired) electrons. The molecule has 0 aliphatic carbocycles. The average Bonchev–Trinajstić information content (AvgIpc) is 1.77. The number of aromatic nitrogens is 2. The van der Waals surface area contributed by atoms with Gasteiger partial charge in [-0.2, -0.15) is 0 Å². The lowest BCUT2D eigenvalue weighted by atomic mass is 10.8. The lowest BCUT2D eigenvalue weighted by Gasteiger charge is -1.85. The fraction of sp³-hybridized carbons (Fsp3) is 0. The van der Waals surface area contributed by atoms with Crippen LogP contribution in [-0.2, 0) is 0 Å². The Morgan fingerprint density at radius 3 is 2.88 bits per heavy atom. The second-order valence-electron chi connectivity index (χ2n) is 1.23. The van der Waals surface area contributed by atoms with Gasteiger partial charge in [0.2, 0.25) is 0 Å². The summed E-state index contributed by atoms with van der Waals surface area (Å²) in [5, 5.41) is 0. The van der Waals surface area contributed by atoms with Gasteiger partial charge in [0.15, 0.2) is 0 Å². The van der Waals surface area contributed by atoms with Gasteiger partial charge >= 0.3 is 0 Å². The maximum Gasteiger partial charge on any atom is 0.279 e. The summed E-state index contributed by atoms with van der Waals surface area (Å²) in [6, 6.07) is 0. The first-order valence-corrected chi connectivity index (χ1v) is 2.70. The molecule has 0 saturated heterocycles. The molecule has 0 N–H and O–H groups in total. The van der Waals surface area contributed by atoms with Gasteiger partial charge in [0.25, 0.3) is 5.56 Å². The molecule has 42 valence electrons. The molecule has 0 aliphatic rings. The quantitative estimate of drug-likeness (QED) is 0.571. The lowest BCUT2D eigenvalue weighted by molar-refractivity contribution is 1.10. The zero-order valence-corrected chi connectivity index (χ0v) is 5.50. The predicted octanol–water partition coefficient (Wildman–Crippen LogP) is 0.401. The first-order valence-electron chi connectivity index (χ1n) is 1.99. The highest BCUT2D eigenvalue weighted by molar-refractivity contribution is 9.08. The Hall–Kier alpha value is -0.640. The van der Waals surface area contributed by atoms with E-state index in [4.69, 9.17) is 0 Å². The van der Waals surface area contributed by atoms with Crippen molar-refractivity contribution in [2.24, 2.45) is 0 Å². The molecular weight excluding hydrogens is 172 g/mol. The van der Waals surface area contributed by atoms with Crippen LogP contribution in [0.1, 0.15) is 0 Å². The summed E-state index contributed by atoms with van der Waals surface area (Å²) in [6.45, 7) is 0. The third-order valence-electron chi connectivity index (χ3n) is 0.679. The zero-order chi connectivity index (χ0) is 5.98. The largest absolute Gasteiger partial charge is 0.279 e. The zero-order valence-electron chi connectivity index (χ0n) is 3.91. The molecule has 0 fully saturated rings. The normalized spacial score (nSPS) is 9.12. The summed E-state index contributed by atoms with van der Waals surface area (Å²) >= 11 is 2.96. The van der Waals surface area contributed by atoms with Crippen LogP contribution in [0, 0.1) is 0 Å². The summed E-state index contributed by atoms with van der Waals surface area (Å²) in [4.78, 5) is 14.1. The third kappa shape index (κ3) is 0.949. The standard InChI is InChI=1S/C4H3BrN2O/c5-7-2-1-6-3-4(7)8/h1-3H. The molecule has 0 spiro atoms. The van der Waals surface area contributed by atoms with Crippen molar-refractivity contribution in [3.63, 3.8) is 0 Å². The van der Waals surface area contributed by atoms with Crippen molar-refractivity contribution in [1.82, 2.24) is 8.58 Å². The van der Waals surface area contributed by atoms with Crippen molar-refractivity contribution in [2.75, 3.05) is 0 Å². The van der Waals surface area contributed by atoms with Crippen molar-refractivity contribution in [1.29, 1.82) is 0 Å². The third-order valence-corrected chi connectivity index (χ3v) is 1.27. The van der Waals surface area contributed by atoms with E-state index in [0.29, 0.717) is 0 Å². The van der Waals surface area contributed by atoms with Gasteiger partial charge < -0.3 is 0 Å². The minimum absolute atomic E-state index is 0.160. The van der Waals surface area contributed by atoms with Crippen molar-refractivity contribution in [2.45, 2.75) is 0 Å². The highest BCUT2D eigenvalue weighted by Gasteiger charge is 1.82. The number of rotatable bonds is 0. The van der Waals surface area contributed by atoms with Gasteiger partial charge in [-0.05, 0) is 0 Å². The molecule has 0 aliphatic heterocycles. The highest BCUT2D eigenvalue weighted by Crippen LogP contribution is 1.80. The molecule has 0 saturated carbocycles. The van der Waals surface area contributed by atoms with Crippen LogP contribution in [0.4, 0.5) is 0 Å². The minimum Gasteiger partial charge on any atom is -0.267 e. The lowest BCUT2D eigenvalue weighted by Crippen LogP contribution is -2.09. The first kappa shape index (κ1) is 5.50. The molecule has 8 heavy (non-hydrogen) atoms. The highest BCUT2D eigenvalue weighted by atomic mass is 79.9. The SMILES string of the molecule is O=c1cnccn1Br. The molecule has 0 unspecified atom stereocenters. The van der Waals surface area contributed by atoms with Gasteiger partial charge in [-0.15, -0.1) is 0 Å². The second kappa shape index (κ2) is 2.09. The smallest absolute Gasteiger partial charge is 0.267 e. The summed E-state index contributed by atoms with van der Waals surface area (Å²) in [5.74, 6) is 0. The van der Waals surface area contributed by atoms with Crippen LogP contribution >= 0.6 is 16.1 Å². The van der Waals surface area contributed by atoms with Gasteiger partial charge in [0.05, 0.1) is 22.3 Å². The maximum absolute atomic E-state index is 10.5. The molecule has 1 aromatic heterocycles. The van der Waals surface area contributed by atoms with Crippen LogP contribution in [0.15, 0.2) is 23.4 Å². The summed E-state index contributed by atoms with van der Waals surface area (Å²) in [6.07, 6.45) is 4.28. The molecule has 4 heteroatoms. The van der Waals surface area contributed by atoms with E-state index in [1.807, 2.05) is 0 Å². The van der Waals surface area contributed by atoms with Gasteiger partial charge in [0, 0.05) is 12.4 Å². The Morgan fingerprint density at radius 2 is 2.50 bits per heavy atom. The van der Waals surface area contributed by atoms with E-state index < -0.39 is 0 Å². The van der Waals surface area contributed by atoms with Crippen molar-refractivity contribution < 1.29 is 0 Å². The molecule has 0 atom stereocenters. The van der Waals surface area contributed by atoms with E-state index in [9.17, 15) is 4.79 Å². The number of hydrogen-bond acceptors (Lipinski definition) is 2. The van der Waals surface area contributed by atoms with Crippen LogP contribution in [0.2, 0.25) is 0 Å². The van der Waals surface area contributed by atoms with E-state index in [2.05, 4.69) is 21.1 Å². The summed E-state index contributed by atoms with van der Waals surface area (Å²) < 4.78 is 1.28. The molecule has 1 aromatic rings. The average molecular weight is 175 g/mol.